The van der Waals surface area contributed by atoms with Gasteiger partial charge < -0.3 is 10.1 Å². The summed E-state index contributed by atoms with van der Waals surface area (Å²) < 4.78 is 18.1. The van der Waals surface area contributed by atoms with Crippen LogP contribution in [-0.2, 0) is 6.54 Å². The number of ether oxygens (including phenoxy) is 1. The van der Waals surface area contributed by atoms with E-state index in [-0.39, 0.29) is 18.0 Å². The van der Waals surface area contributed by atoms with Crippen molar-refractivity contribution >= 4 is 5.91 Å². The lowest BCUT2D eigenvalue weighted by atomic mass is 10.1. The van der Waals surface area contributed by atoms with Crippen LogP contribution in [0.15, 0.2) is 36.5 Å². The summed E-state index contributed by atoms with van der Waals surface area (Å²) in [6, 6.07) is 10.00. The van der Waals surface area contributed by atoms with Gasteiger partial charge in [-0.1, -0.05) is 18.2 Å². The lowest BCUT2D eigenvalue weighted by Gasteiger charge is -2.09. The molecule has 0 aliphatic carbocycles. The predicted octanol–water partition coefficient (Wildman–Crippen LogP) is 2.03. The number of aromatic nitrogens is 1. The molecule has 0 saturated heterocycles. The molecule has 2 rings (SSSR count). The van der Waals surface area contributed by atoms with Gasteiger partial charge in [0, 0.05) is 6.54 Å². The second-order valence-electron chi connectivity index (χ2n) is 4.16. The average Bonchev–Trinajstić information content (AvgIpc) is 2.52. The summed E-state index contributed by atoms with van der Waals surface area (Å²) in [5.74, 6) is -1.10. The van der Waals surface area contributed by atoms with Crippen LogP contribution in [0.25, 0.3) is 0 Å². The van der Waals surface area contributed by atoms with E-state index in [2.05, 4.69) is 10.3 Å². The molecular weight excluding hydrogens is 273 g/mol. The molecule has 2 aromatic rings. The fraction of sp³-hybridized carbons (Fsp3) is 0.133. The van der Waals surface area contributed by atoms with E-state index >= 15 is 0 Å². The molecule has 5 nitrogen and oxygen atoms in total. The van der Waals surface area contributed by atoms with E-state index in [1.165, 1.54) is 7.11 Å². The number of nitrogens with zero attached hydrogens (tertiary/aromatic N) is 2. The zero-order valence-corrected chi connectivity index (χ0v) is 11.3. The molecule has 0 aliphatic heterocycles. The second kappa shape index (κ2) is 6.48. The van der Waals surface area contributed by atoms with Crippen LogP contribution >= 0.6 is 0 Å². The molecule has 106 valence electrons. The summed E-state index contributed by atoms with van der Waals surface area (Å²) in [6.07, 6.45) is 0.973. The maximum Gasteiger partial charge on any atom is 0.257 e. The third-order valence-electron chi connectivity index (χ3n) is 2.83. The molecule has 1 amide bonds. The molecule has 6 heteroatoms. The SMILES string of the molecule is COc1ncc(F)cc1C(=O)NCc1ccccc1C#N. The van der Waals surface area contributed by atoms with Crippen LogP contribution in [0.5, 0.6) is 5.88 Å². The zero-order chi connectivity index (χ0) is 15.2. The van der Waals surface area contributed by atoms with Crippen molar-refractivity contribution in [3.05, 3.63) is 59.0 Å². The standard InChI is InChI=1S/C15H12FN3O2/c1-21-15-13(6-12(16)9-19-15)14(20)18-8-11-5-3-2-4-10(11)7-17/h2-6,9H,8H2,1H3,(H,18,20). The van der Waals surface area contributed by atoms with Gasteiger partial charge in [-0.05, 0) is 17.7 Å². The molecule has 0 aliphatic rings. The highest BCUT2D eigenvalue weighted by Crippen LogP contribution is 2.16. The van der Waals surface area contributed by atoms with Crippen LogP contribution in [-0.4, -0.2) is 18.0 Å². The Morgan fingerprint density at radius 2 is 2.24 bits per heavy atom. The number of pyridine rings is 1. The molecular formula is C15H12FN3O2. The molecule has 0 saturated carbocycles. The Kier molecular flexibility index (Phi) is 4.46. The molecule has 0 fully saturated rings. The third kappa shape index (κ3) is 3.34. The van der Waals surface area contributed by atoms with Crippen LogP contribution in [0, 0.1) is 17.1 Å². The largest absolute Gasteiger partial charge is 0.480 e. The Morgan fingerprint density at radius 1 is 1.48 bits per heavy atom. The van der Waals surface area contributed by atoms with Crippen molar-refractivity contribution in [3.8, 4) is 11.9 Å². The van der Waals surface area contributed by atoms with Gasteiger partial charge in [0.1, 0.15) is 11.4 Å². The van der Waals surface area contributed by atoms with Crippen LogP contribution in [0.1, 0.15) is 21.5 Å². The van der Waals surface area contributed by atoms with Gasteiger partial charge in [-0.2, -0.15) is 5.26 Å². The number of hydrogen-bond acceptors (Lipinski definition) is 4. The van der Waals surface area contributed by atoms with E-state index in [9.17, 15) is 9.18 Å². The van der Waals surface area contributed by atoms with Gasteiger partial charge in [-0.15, -0.1) is 0 Å². The Hall–Kier alpha value is -2.94. The first-order chi connectivity index (χ1) is 10.2. The summed E-state index contributed by atoms with van der Waals surface area (Å²) in [6.45, 7) is 0.155. The number of carbonyl (C=O) groups excluding carboxylic acids is 1. The van der Waals surface area contributed by atoms with E-state index < -0.39 is 11.7 Å². The highest BCUT2D eigenvalue weighted by Gasteiger charge is 2.15. The van der Waals surface area contributed by atoms with Gasteiger partial charge in [-0.25, -0.2) is 9.37 Å². The quantitative estimate of drug-likeness (QED) is 0.932. The van der Waals surface area contributed by atoms with Gasteiger partial charge in [0.05, 0.1) is 24.9 Å². The fourth-order valence-corrected chi connectivity index (χ4v) is 1.81. The number of carbonyl (C=O) groups is 1. The van der Waals surface area contributed by atoms with Crippen molar-refractivity contribution in [2.75, 3.05) is 7.11 Å². The topological polar surface area (TPSA) is 75.0 Å². The van der Waals surface area contributed by atoms with Crippen molar-refractivity contribution < 1.29 is 13.9 Å². The Morgan fingerprint density at radius 3 is 2.95 bits per heavy atom. The molecule has 1 aromatic heterocycles. The number of halogens is 1. The number of hydrogen-bond donors (Lipinski definition) is 1. The number of rotatable bonds is 4. The van der Waals surface area contributed by atoms with Crippen molar-refractivity contribution in [2.45, 2.75) is 6.54 Å². The van der Waals surface area contributed by atoms with Gasteiger partial charge in [-0.3, -0.25) is 4.79 Å². The maximum absolute atomic E-state index is 13.2. The monoisotopic (exact) mass is 285 g/mol. The smallest absolute Gasteiger partial charge is 0.257 e. The summed E-state index contributed by atoms with van der Waals surface area (Å²) >= 11 is 0. The fourth-order valence-electron chi connectivity index (χ4n) is 1.81. The molecule has 1 heterocycles. The van der Waals surface area contributed by atoms with Crippen LogP contribution in [0.4, 0.5) is 4.39 Å². The molecule has 0 atom stereocenters. The van der Waals surface area contributed by atoms with Crippen molar-refractivity contribution in [2.24, 2.45) is 0 Å². The first kappa shape index (κ1) is 14.5. The van der Waals surface area contributed by atoms with E-state index in [1.807, 2.05) is 6.07 Å². The summed E-state index contributed by atoms with van der Waals surface area (Å²) in [5.41, 5.74) is 1.16. The summed E-state index contributed by atoms with van der Waals surface area (Å²) in [5, 5.41) is 11.6. The van der Waals surface area contributed by atoms with Crippen LogP contribution in [0.2, 0.25) is 0 Å². The highest BCUT2D eigenvalue weighted by molar-refractivity contribution is 5.96. The Labute approximate surface area is 121 Å². The normalized spacial score (nSPS) is 9.76. The first-order valence-corrected chi connectivity index (χ1v) is 6.11. The minimum Gasteiger partial charge on any atom is -0.480 e. The van der Waals surface area contributed by atoms with E-state index in [4.69, 9.17) is 10.00 Å². The van der Waals surface area contributed by atoms with E-state index in [0.29, 0.717) is 11.1 Å². The summed E-state index contributed by atoms with van der Waals surface area (Å²) in [4.78, 5) is 15.8. The zero-order valence-electron chi connectivity index (χ0n) is 11.3. The molecule has 21 heavy (non-hydrogen) atoms. The lowest BCUT2D eigenvalue weighted by Crippen LogP contribution is -2.24. The van der Waals surface area contributed by atoms with Gasteiger partial charge in [0.15, 0.2) is 0 Å². The highest BCUT2D eigenvalue weighted by atomic mass is 19.1. The van der Waals surface area contributed by atoms with Gasteiger partial charge in [0.25, 0.3) is 5.91 Å². The van der Waals surface area contributed by atoms with E-state index in [1.54, 1.807) is 24.3 Å². The number of nitriles is 1. The van der Waals surface area contributed by atoms with Crippen molar-refractivity contribution in [1.82, 2.24) is 10.3 Å². The molecule has 0 radical (unpaired) electrons. The van der Waals surface area contributed by atoms with Crippen LogP contribution in [0.3, 0.4) is 0 Å². The minimum atomic E-state index is -0.627. The number of benzene rings is 1. The number of amides is 1. The maximum atomic E-state index is 13.2. The molecule has 1 N–H and O–H groups in total. The Balaban J connectivity index is 2.16. The van der Waals surface area contributed by atoms with E-state index in [0.717, 1.165) is 12.3 Å². The molecule has 0 unspecified atom stereocenters. The first-order valence-electron chi connectivity index (χ1n) is 6.11. The molecule has 1 aromatic carbocycles. The minimum absolute atomic E-state index is 0.00642. The Bertz CT molecular complexity index is 710. The van der Waals surface area contributed by atoms with Crippen molar-refractivity contribution in [3.63, 3.8) is 0 Å². The third-order valence-corrected chi connectivity index (χ3v) is 2.83. The van der Waals surface area contributed by atoms with Crippen molar-refractivity contribution in [1.29, 1.82) is 5.26 Å². The van der Waals surface area contributed by atoms with Crippen LogP contribution < -0.4 is 10.1 Å². The number of methoxy groups -OCH3 is 1. The lowest BCUT2D eigenvalue weighted by molar-refractivity contribution is 0.0946. The predicted molar refractivity (Wildman–Crippen MR) is 73.1 cm³/mol. The molecule has 0 spiro atoms. The summed E-state index contributed by atoms with van der Waals surface area (Å²) in [7, 11) is 1.35. The van der Waals surface area contributed by atoms with Gasteiger partial charge >= 0.3 is 0 Å². The molecule has 0 bridgehead atoms. The number of nitrogens with one attached hydrogen (secondary N) is 1. The second-order valence-corrected chi connectivity index (χ2v) is 4.16. The van der Waals surface area contributed by atoms with Gasteiger partial charge in [0.2, 0.25) is 5.88 Å². The average molecular weight is 285 g/mol.